The predicted molar refractivity (Wildman–Crippen MR) is 116 cm³/mol. The third-order valence-corrected chi connectivity index (χ3v) is 6.30. The maximum atomic E-state index is 12.9. The van der Waals surface area contributed by atoms with Gasteiger partial charge in [0, 0.05) is 25.5 Å². The third-order valence-electron chi connectivity index (χ3n) is 6.30. The lowest BCUT2D eigenvalue weighted by Gasteiger charge is -2.37. The molecule has 2 aromatic rings. The molecule has 2 atom stereocenters. The number of likely N-dealkylation sites (tertiary alicyclic amines) is 1. The maximum Gasteiger partial charge on any atom is 0.242 e. The van der Waals surface area contributed by atoms with Crippen molar-refractivity contribution in [1.82, 2.24) is 10.2 Å². The molecular formula is C24H28N2O6. The average molecular weight is 440 g/mol. The maximum absolute atomic E-state index is 12.9. The second-order valence-corrected chi connectivity index (χ2v) is 8.49. The van der Waals surface area contributed by atoms with Gasteiger partial charge >= 0.3 is 0 Å². The summed E-state index contributed by atoms with van der Waals surface area (Å²) in [5, 5.41) is 2.83. The van der Waals surface area contributed by atoms with Crippen molar-refractivity contribution in [2.45, 2.75) is 57.7 Å². The van der Waals surface area contributed by atoms with Crippen molar-refractivity contribution in [2.24, 2.45) is 0 Å². The minimum absolute atomic E-state index is 0.00525. The Kier molecular flexibility index (Phi) is 5.95. The summed E-state index contributed by atoms with van der Waals surface area (Å²) in [6, 6.07) is 8.17. The fourth-order valence-electron chi connectivity index (χ4n) is 4.39. The first-order valence-corrected chi connectivity index (χ1v) is 10.8. The number of fused-ring (bicyclic) bond motifs is 1. The van der Waals surface area contributed by atoms with E-state index in [2.05, 4.69) is 5.32 Å². The summed E-state index contributed by atoms with van der Waals surface area (Å²) in [5.74, 6) is 2.15. The molecule has 1 fully saturated rings. The lowest BCUT2D eigenvalue weighted by atomic mass is 9.84. The Hall–Kier alpha value is -3.29. The van der Waals surface area contributed by atoms with Crippen molar-refractivity contribution in [3.05, 3.63) is 47.4 Å². The summed E-state index contributed by atoms with van der Waals surface area (Å²) >= 11 is 0. The molecule has 32 heavy (non-hydrogen) atoms. The number of nitrogens with zero attached hydrogens (tertiary/aromatic N) is 1. The number of Topliss-reactive ketones (excluding diaryl/α,β-unsaturated/α-hetero) is 1. The average Bonchev–Trinajstić information content (AvgIpc) is 3.13. The Morgan fingerprint density at radius 1 is 1.25 bits per heavy atom. The first-order valence-electron chi connectivity index (χ1n) is 10.8. The van der Waals surface area contributed by atoms with Gasteiger partial charge in [0.1, 0.15) is 34.7 Å². The smallest absolute Gasteiger partial charge is 0.242 e. The number of carbonyl (C=O) groups excluding carboxylic acids is 3. The van der Waals surface area contributed by atoms with Crippen LogP contribution in [-0.2, 0) is 16.1 Å². The zero-order chi connectivity index (χ0) is 22.9. The van der Waals surface area contributed by atoms with Gasteiger partial charge in [-0.1, -0.05) is 0 Å². The van der Waals surface area contributed by atoms with E-state index in [1.807, 2.05) is 19.1 Å². The molecule has 0 aliphatic carbocycles. The van der Waals surface area contributed by atoms with Gasteiger partial charge in [0.25, 0.3) is 0 Å². The second kappa shape index (κ2) is 8.68. The zero-order valence-electron chi connectivity index (χ0n) is 18.6. The van der Waals surface area contributed by atoms with Gasteiger partial charge in [0.05, 0.1) is 25.6 Å². The molecule has 0 bridgehead atoms. The molecule has 1 saturated heterocycles. The van der Waals surface area contributed by atoms with Crippen LogP contribution in [0.3, 0.4) is 0 Å². The minimum Gasteiger partial charge on any atom is -0.497 e. The van der Waals surface area contributed by atoms with Crippen LogP contribution >= 0.6 is 0 Å². The van der Waals surface area contributed by atoms with Crippen molar-refractivity contribution >= 4 is 17.6 Å². The van der Waals surface area contributed by atoms with Crippen molar-refractivity contribution in [3.8, 4) is 11.5 Å². The summed E-state index contributed by atoms with van der Waals surface area (Å²) in [6.07, 6.45) is 1.31. The van der Waals surface area contributed by atoms with Crippen LogP contribution < -0.4 is 14.8 Å². The Morgan fingerprint density at radius 3 is 2.78 bits per heavy atom. The molecule has 0 saturated carbocycles. The van der Waals surface area contributed by atoms with Gasteiger partial charge in [-0.3, -0.25) is 14.4 Å². The van der Waals surface area contributed by atoms with E-state index >= 15 is 0 Å². The highest BCUT2D eigenvalue weighted by Gasteiger charge is 2.44. The van der Waals surface area contributed by atoms with Gasteiger partial charge in [-0.15, -0.1) is 0 Å². The number of hydrogen-bond donors (Lipinski definition) is 1. The number of ketones is 1. The second-order valence-electron chi connectivity index (χ2n) is 8.49. The lowest BCUT2D eigenvalue weighted by Crippen LogP contribution is -2.48. The molecule has 1 spiro atoms. The molecule has 1 N–H and O–H groups in total. The van der Waals surface area contributed by atoms with Gasteiger partial charge in [0.15, 0.2) is 5.78 Å². The summed E-state index contributed by atoms with van der Waals surface area (Å²) in [5.41, 5.74) is -0.229. The van der Waals surface area contributed by atoms with Crippen LogP contribution in [0.1, 0.15) is 54.5 Å². The number of aryl methyl sites for hydroxylation is 1. The van der Waals surface area contributed by atoms with E-state index in [4.69, 9.17) is 13.9 Å². The Balaban J connectivity index is 1.44. The molecule has 1 aromatic heterocycles. The zero-order valence-corrected chi connectivity index (χ0v) is 18.6. The van der Waals surface area contributed by atoms with Crippen molar-refractivity contribution in [2.75, 3.05) is 13.7 Å². The normalized spacial score (nSPS) is 21.5. The molecule has 0 radical (unpaired) electrons. The highest BCUT2D eigenvalue weighted by Crippen LogP contribution is 2.41. The number of nitrogens with one attached hydrogen (secondary N) is 1. The predicted octanol–water partition coefficient (Wildman–Crippen LogP) is 3.02. The van der Waals surface area contributed by atoms with Crippen LogP contribution in [-0.4, -0.2) is 47.8 Å². The van der Waals surface area contributed by atoms with E-state index < -0.39 is 11.6 Å². The molecule has 8 heteroatoms. The molecule has 8 nitrogen and oxygen atoms in total. The van der Waals surface area contributed by atoms with E-state index in [9.17, 15) is 14.4 Å². The fraction of sp³-hybridized carbons (Fsp3) is 0.458. The topological polar surface area (TPSA) is 98.1 Å². The summed E-state index contributed by atoms with van der Waals surface area (Å²) in [4.78, 5) is 39.9. The molecule has 0 unspecified atom stereocenters. The Bertz CT molecular complexity index is 1040. The molecule has 1 aromatic carbocycles. The van der Waals surface area contributed by atoms with E-state index in [0.29, 0.717) is 42.2 Å². The van der Waals surface area contributed by atoms with Crippen LogP contribution in [0.25, 0.3) is 0 Å². The number of carbonyl (C=O) groups is 3. The first kappa shape index (κ1) is 21.9. The quantitative estimate of drug-likeness (QED) is 0.768. The van der Waals surface area contributed by atoms with Gasteiger partial charge in [0.2, 0.25) is 11.8 Å². The van der Waals surface area contributed by atoms with Crippen LogP contribution in [0.15, 0.2) is 34.7 Å². The molecule has 170 valence electrons. The number of methoxy groups -OCH3 is 1. The summed E-state index contributed by atoms with van der Waals surface area (Å²) in [6.45, 7) is 4.15. The molecular weight excluding hydrogens is 412 g/mol. The van der Waals surface area contributed by atoms with Gasteiger partial charge in [-0.2, -0.15) is 0 Å². The van der Waals surface area contributed by atoms with Crippen molar-refractivity contribution in [1.29, 1.82) is 0 Å². The third kappa shape index (κ3) is 4.35. The number of furan rings is 1. The fourth-order valence-corrected chi connectivity index (χ4v) is 4.39. The summed E-state index contributed by atoms with van der Waals surface area (Å²) < 4.78 is 17.0. The monoisotopic (exact) mass is 440 g/mol. The standard InChI is InChI=1S/C24H28N2O6/c1-15-4-5-18(31-15)14-25-23(29)16(2)26-11-10-24(9-8-22(26)28)13-20(27)19-7-6-17(30-3)12-21(19)32-24/h4-7,12,16H,8-11,13-14H2,1-3H3,(H,25,29)/t16-,24+/m1/s1. The highest BCUT2D eigenvalue weighted by atomic mass is 16.5. The Morgan fingerprint density at radius 2 is 2.06 bits per heavy atom. The number of rotatable bonds is 5. The van der Waals surface area contributed by atoms with Crippen molar-refractivity contribution in [3.63, 3.8) is 0 Å². The number of amides is 2. The van der Waals surface area contributed by atoms with Crippen LogP contribution in [0.5, 0.6) is 11.5 Å². The van der Waals surface area contributed by atoms with Crippen LogP contribution in [0.2, 0.25) is 0 Å². The van der Waals surface area contributed by atoms with E-state index in [-0.39, 0.29) is 37.0 Å². The van der Waals surface area contributed by atoms with E-state index in [0.717, 1.165) is 5.76 Å². The number of benzene rings is 1. The van der Waals surface area contributed by atoms with Gasteiger partial charge < -0.3 is 24.1 Å². The van der Waals surface area contributed by atoms with Gasteiger partial charge in [-0.05, 0) is 44.5 Å². The van der Waals surface area contributed by atoms with Crippen LogP contribution in [0, 0.1) is 6.92 Å². The first-order chi connectivity index (χ1) is 15.3. The molecule has 3 heterocycles. The van der Waals surface area contributed by atoms with E-state index in [1.54, 1.807) is 37.1 Å². The minimum atomic E-state index is -0.761. The molecule has 4 rings (SSSR count). The summed E-state index contributed by atoms with van der Waals surface area (Å²) in [7, 11) is 1.56. The SMILES string of the molecule is COc1ccc2c(c1)O[C@]1(CCC(=O)N([C@H](C)C(=O)NCc3ccc(C)o3)CC1)CC2=O. The lowest BCUT2D eigenvalue weighted by molar-refractivity contribution is -0.139. The highest BCUT2D eigenvalue weighted by molar-refractivity contribution is 6.00. The largest absolute Gasteiger partial charge is 0.497 e. The van der Waals surface area contributed by atoms with Crippen molar-refractivity contribution < 1.29 is 28.3 Å². The van der Waals surface area contributed by atoms with Gasteiger partial charge in [-0.25, -0.2) is 0 Å². The van der Waals surface area contributed by atoms with E-state index in [1.165, 1.54) is 0 Å². The molecule has 2 aliphatic rings. The molecule has 2 aliphatic heterocycles. The number of hydrogen-bond acceptors (Lipinski definition) is 6. The van der Waals surface area contributed by atoms with Crippen LogP contribution in [0.4, 0.5) is 0 Å². The molecule has 2 amide bonds. The Labute approximate surface area is 186 Å². The number of ether oxygens (including phenoxy) is 2.